The van der Waals surface area contributed by atoms with E-state index in [9.17, 15) is 9.59 Å². The zero-order valence-corrected chi connectivity index (χ0v) is 20.5. The number of rotatable bonds is 8. The van der Waals surface area contributed by atoms with Crippen molar-refractivity contribution in [2.45, 2.75) is 31.2 Å². The van der Waals surface area contributed by atoms with Crippen LogP contribution in [0.5, 0.6) is 5.88 Å². The van der Waals surface area contributed by atoms with Crippen molar-refractivity contribution < 1.29 is 32.6 Å². The molecule has 9 nitrogen and oxygen atoms in total. The van der Waals surface area contributed by atoms with Gasteiger partial charge in [-0.25, -0.2) is 18.6 Å². The number of likely N-dealkylation sites (tertiary alicyclic amines) is 1. The summed E-state index contributed by atoms with van der Waals surface area (Å²) in [5.74, 6) is -2.25. The van der Waals surface area contributed by atoms with Gasteiger partial charge in [0.05, 0.1) is 43.4 Å². The number of fused-ring (bicyclic) bond motifs is 1. The zero-order chi connectivity index (χ0) is 26.4. The van der Waals surface area contributed by atoms with Crippen LogP contribution in [0.25, 0.3) is 11.0 Å². The largest absolute Gasteiger partial charge is 0.481 e. The Morgan fingerprint density at radius 2 is 1.97 bits per heavy atom. The summed E-state index contributed by atoms with van der Waals surface area (Å²) in [5.41, 5.74) is 1.38. The molecule has 0 aliphatic carbocycles. The smallest absolute Gasteiger partial charge is 0.407 e. The lowest BCUT2D eigenvalue weighted by Crippen LogP contribution is -2.53. The van der Waals surface area contributed by atoms with E-state index in [4.69, 9.17) is 14.2 Å². The molecule has 1 amide bonds. The summed E-state index contributed by atoms with van der Waals surface area (Å²) >= 11 is 0. The van der Waals surface area contributed by atoms with Crippen LogP contribution in [0.2, 0.25) is 0 Å². The second kappa shape index (κ2) is 11.9. The number of benzene rings is 1. The quantitative estimate of drug-likeness (QED) is 0.457. The molecule has 0 spiro atoms. The molecule has 3 atom stereocenters. The maximum atomic E-state index is 15.0. The van der Waals surface area contributed by atoms with Gasteiger partial charge in [0.25, 0.3) is 0 Å². The second-order valence-electron chi connectivity index (χ2n) is 8.69. The van der Waals surface area contributed by atoms with Crippen LogP contribution in [-0.2, 0) is 20.9 Å². The predicted molar refractivity (Wildman–Crippen MR) is 130 cm³/mol. The number of nitrogens with one attached hydrogen (secondary N) is 1. The highest BCUT2D eigenvalue weighted by molar-refractivity contribution is 5.87. The molecule has 37 heavy (non-hydrogen) atoms. The number of alkyl carbamates (subject to hydrolysis) is 1. The fourth-order valence-electron chi connectivity index (χ4n) is 4.39. The minimum Gasteiger partial charge on any atom is -0.481 e. The number of esters is 1. The van der Waals surface area contributed by atoms with Crippen LogP contribution >= 0.6 is 0 Å². The Bertz CT molecular complexity index is 1250. The number of alkyl halides is 1. The molecule has 1 saturated heterocycles. The number of halogens is 2. The minimum absolute atomic E-state index is 0.00676. The molecule has 1 unspecified atom stereocenters. The van der Waals surface area contributed by atoms with E-state index in [0.29, 0.717) is 12.1 Å². The maximum absolute atomic E-state index is 15.0. The highest BCUT2D eigenvalue weighted by Gasteiger charge is 2.35. The van der Waals surface area contributed by atoms with Gasteiger partial charge in [0.1, 0.15) is 18.6 Å². The van der Waals surface area contributed by atoms with E-state index in [2.05, 4.69) is 15.3 Å². The fraction of sp³-hybridized carbons (Fsp3) is 0.385. The summed E-state index contributed by atoms with van der Waals surface area (Å²) < 4.78 is 45.4. The number of nitrogens with zero attached hydrogens (tertiary/aromatic N) is 3. The molecule has 1 N–H and O–H groups in total. The molecule has 0 radical (unpaired) electrons. The van der Waals surface area contributed by atoms with Crippen LogP contribution in [0.15, 0.2) is 48.7 Å². The maximum Gasteiger partial charge on any atom is 0.407 e. The molecule has 0 bridgehead atoms. The van der Waals surface area contributed by atoms with Crippen LogP contribution in [0.1, 0.15) is 23.5 Å². The van der Waals surface area contributed by atoms with Crippen LogP contribution in [-0.4, -0.2) is 73.0 Å². The van der Waals surface area contributed by atoms with Crippen LogP contribution in [0, 0.1) is 5.82 Å². The number of amides is 1. The van der Waals surface area contributed by atoms with Crippen molar-refractivity contribution in [2.24, 2.45) is 0 Å². The molecule has 3 heterocycles. The molecule has 1 aliphatic heterocycles. The van der Waals surface area contributed by atoms with Crippen LogP contribution in [0.3, 0.4) is 0 Å². The molecule has 3 aromatic rings. The number of piperidine rings is 1. The molecule has 196 valence electrons. The number of hydrogen-bond acceptors (Lipinski definition) is 8. The van der Waals surface area contributed by atoms with Gasteiger partial charge >= 0.3 is 12.1 Å². The van der Waals surface area contributed by atoms with E-state index >= 15 is 8.78 Å². The predicted octanol–water partition coefficient (Wildman–Crippen LogP) is 3.37. The molecule has 1 aromatic carbocycles. The summed E-state index contributed by atoms with van der Waals surface area (Å²) in [6, 6.07) is 11.6. The van der Waals surface area contributed by atoms with Crippen molar-refractivity contribution in [3.05, 3.63) is 65.6 Å². The lowest BCUT2D eigenvalue weighted by molar-refractivity contribution is -0.143. The SMILES string of the molecule is COC(=O)C(CN1CC[C@H](NC(=O)OCc2ccccc2)[C@H](F)C1)c1c(F)cnc2ccc(OC)nc12. The summed E-state index contributed by atoms with van der Waals surface area (Å²) in [5, 5.41) is 2.58. The Balaban J connectivity index is 1.44. The van der Waals surface area contributed by atoms with Gasteiger partial charge < -0.3 is 19.5 Å². The molecule has 4 rings (SSSR count). The third-order valence-electron chi connectivity index (χ3n) is 6.30. The van der Waals surface area contributed by atoms with Crippen LogP contribution < -0.4 is 10.1 Å². The highest BCUT2D eigenvalue weighted by atomic mass is 19.1. The Morgan fingerprint density at radius 1 is 1.19 bits per heavy atom. The number of pyridine rings is 2. The first-order valence-electron chi connectivity index (χ1n) is 11.8. The minimum atomic E-state index is -1.42. The van der Waals surface area contributed by atoms with Crippen molar-refractivity contribution in [3.8, 4) is 5.88 Å². The molecular formula is C26H28F2N4O5. The highest BCUT2D eigenvalue weighted by Crippen LogP contribution is 2.30. The average Bonchev–Trinajstić information content (AvgIpc) is 2.92. The Kier molecular flexibility index (Phi) is 8.44. The molecular weight excluding hydrogens is 486 g/mol. The van der Waals surface area contributed by atoms with Gasteiger partial charge in [-0.15, -0.1) is 0 Å². The topological polar surface area (TPSA) is 103 Å². The second-order valence-corrected chi connectivity index (χ2v) is 8.69. The summed E-state index contributed by atoms with van der Waals surface area (Å²) in [7, 11) is 2.63. The van der Waals surface area contributed by atoms with E-state index in [1.807, 2.05) is 30.3 Å². The van der Waals surface area contributed by atoms with E-state index in [0.717, 1.165) is 11.8 Å². The summed E-state index contributed by atoms with van der Waals surface area (Å²) in [6.45, 7) is 0.359. The molecule has 11 heteroatoms. The van der Waals surface area contributed by atoms with E-state index in [1.165, 1.54) is 14.2 Å². The molecule has 1 fully saturated rings. The van der Waals surface area contributed by atoms with Gasteiger partial charge in [-0.3, -0.25) is 14.7 Å². The third-order valence-corrected chi connectivity index (χ3v) is 6.30. The van der Waals surface area contributed by atoms with Gasteiger partial charge in [0.2, 0.25) is 5.88 Å². The monoisotopic (exact) mass is 514 g/mol. The standard InChI is InChI=1S/C26H28F2N4O5/c1-35-22-9-8-21-24(31-22)23(18(27)12-29-21)17(25(33)36-2)13-32-11-10-20(19(28)14-32)30-26(34)37-15-16-6-4-3-5-7-16/h3-9,12,17,19-20H,10-11,13-15H2,1-2H3,(H,30,34)/t17?,19-,20+/m1/s1. The molecule has 1 aliphatic rings. The number of carbonyl (C=O) groups is 2. The Morgan fingerprint density at radius 3 is 2.68 bits per heavy atom. The average molecular weight is 515 g/mol. The van der Waals surface area contributed by atoms with E-state index in [1.54, 1.807) is 17.0 Å². The number of ether oxygens (including phenoxy) is 3. The first-order valence-corrected chi connectivity index (χ1v) is 11.8. The van der Waals surface area contributed by atoms with Crippen LogP contribution in [0.4, 0.5) is 13.6 Å². The first-order chi connectivity index (χ1) is 17.9. The van der Waals surface area contributed by atoms with Gasteiger partial charge in [0, 0.05) is 31.3 Å². The van der Waals surface area contributed by atoms with Gasteiger partial charge in [-0.2, -0.15) is 0 Å². The lowest BCUT2D eigenvalue weighted by Gasteiger charge is -2.36. The van der Waals surface area contributed by atoms with Crippen molar-refractivity contribution in [2.75, 3.05) is 33.9 Å². The normalized spacial score (nSPS) is 18.7. The van der Waals surface area contributed by atoms with Gasteiger partial charge in [0.15, 0.2) is 0 Å². The first kappa shape index (κ1) is 26.2. The summed E-state index contributed by atoms with van der Waals surface area (Å²) in [4.78, 5) is 35.0. The van der Waals surface area contributed by atoms with E-state index in [-0.39, 0.29) is 43.1 Å². The molecule has 2 aromatic heterocycles. The summed E-state index contributed by atoms with van der Waals surface area (Å²) in [6.07, 6.45) is -0.825. The van der Waals surface area contributed by atoms with Crippen molar-refractivity contribution in [3.63, 3.8) is 0 Å². The Hall–Kier alpha value is -3.86. The lowest BCUT2D eigenvalue weighted by atomic mass is 9.95. The number of hydrogen-bond donors (Lipinski definition) is 1. The van der Waals surface area contributed by atoms with Gasteiger partial charge in [-0.05, 0) is 18.1 Å². The van der Waals surface area contributed by atoms with E-state index < -0.39 is 36.0 Å². The fourth-order valence-corrected chi connectivity index (χ4v) is 4.39. The van der Waals surface area contributed by atoms with Crippen molar-refractivity contribution >= 4 is 23.1 Å². The Labute approximate surface area is 212 Å². The number of methoxy groups -OCH3 is 2. The third kappa shape index (κ3) is 6.29. The number of aromatic nitrogens is 2. The zero-order valence-electron chi connectivity index (χ0n) is 20.5. The van der Waals surface area contributed by atoms with Crippen molar-refractivity contribution in [1.82, 2.24) is 20.2 Å². The van der Waals surface area contributed by atoms with Crippen molar-refractivity contribution in [1.29, 1.82) is 0 Å². The molecule has 0 saturated carbocycles. The van der Waals surface area contributed by atoms with Gasteiger partial charge in [-0.1, -0.05) is 30.3 Å². The number of carbonyl (C=O) groups excluding carboxylic acids is 2.